The quantitative estimate of drug-likeness (QED) is 0.698. The molecule has 0 saturated heterocycles. The van der Waals surface area contributed by atoms with Crippen LogP contribution in [0.25, 0.3) is 0 Å². The molecule has 0 radical (unpaired) electrons. The number of hydrogen-bond donors (Lipinski definition) is 0. The first-order valence-electron chi connectivity index (χ1n) is 3.83. The maximum atomic E-state index is 13.3. The van der Waals surface area contributed by atoms with Crippen molar-refractivity contribution in [3.63, 3.8) is 0 Å². The molecule has 0 aliphatic carbocycles. The Morgan fingerprint density at radius 3 is 1.80 bits per heavy atom. The van der Waals surface area contributed by atoms with Crippen LogP contribution in [0, 0.1) is 45.6 Å². The average Bonchev–Trinajstić information content (AvgIpc) is 2.25. The first-order chi connectivity index (χ1) is 7.15. The van der Waals surface area contributed by atoms with Gasteiger partial charge in [0, 0.05) is 5.56 Å². The Balaban J connectivity index is 3.58. The lowest BCUT2D eigenvalue weighted by Crippen LogP contribution is -2.01. The molecular formula is C10H3F2N3. The Kier molecular flexibility index (Phi) is 2.96. The number of nitrogens with zero attached hydrogens (tertiary/aromatic N) is 3. The van der Waals surface area contributed by atoms with Crippen molar-refractivity contribution in [2.45, 2.75) is 6.42 Å². The van der Waals surface area contributed by atoms with Crippen molar-refractivity contribution in [3.8, 4) is 18.2 Å². The standard InChI is InChI=1S/C10H3F2N3/c11-9-6(4-14)3-7(5-15)10(12)8(9)1-2-13/h3H,1H2. The average molecular weight is 203 g/mol. The lowest BCUT2D eigenvalue weighted by Gasteiger charge is -2.03. The fraction of sp³-hybridized carbons (Fsp3) is 0.100. The van der Waals surface area contributed by atoms with E-state index in [1.165, 1.54) is 12.1 Å². The molecule has 5 heteroatoms. The van der Waals surface area contributed by atoms with Crippen LogP contribution in [0.1, 0.15) is 16.7 Å². The van der Waals surface area contributed by atoms with E-state index >= 15 is 0 Å². The Morgan fingerprint density at radius 1 is 1.00 bits per heavy atom. The molecular weight excluding hydrogens is 200 g/mol. The van der Waals surface area contributed by atoms with E-state index in [4.69, 9.17) is 15.8 Å². The van der Waals surface area contributed by atoms with E-state index in [1.807, 2.05) is 0 Å². The summed E-state index contributed by atoms with van der Waals surface area (Å²) in [5.41, 5.74) is -1.40. The third-order valence-corrected chi connectivity index (χ3v) is 1.79. The van der Waals surface area contributed by atoms with Crippen molar-refractivity contribution in [1.82, 2.24) is 0 Å². The summed E-state index contributed by atoms with van der Waals surface area (Å²) >= 11 is 0. The van der Waals surface area contributed by atoms with Gasteiger partial charge in [-0.3, -0.25) is 0 Å². The predicted octanol–water partition coefficient (Wildman–Crippen LogP) is 1.77. The lowest BCUT2D eigenvalue weighted by molar-refractivity contribution is 0.558. The minimum absolute atomic E-state index is 0.432. The summed E-state index contributed by atoms with van der Waals surface area (Å²) < 4.78 is 26.6. The molecule has 0 amide bonds. The van der Waals surface area contributed by atoms with E-state index in [0.29, 0.717) is 0 Å². The third-order valence-electron chi connectivity index (χ3n) is 1.79. The molecule has 1 aromatic rings. The van der Waals surface area contributed by atoms with Gasteiger partial charge < -0.3 is 0 Å². The number of benzene rings is 1. The van der Waals surface area contributed by atoms with E-state index in [1.54, 1.807) is 6.07 Å². The van der Waals surface area contributed by atoms with Gasteiger partial charge in [-0.1, -0.05) is 0 Å². The number of halogens is 2. The number of nitriles is 3. The smallest absolute Gasteiger partial charge is 0.148 e. The zero-order valence-corrected chi connectivity index (χ0v) is 7.38. The van der Waals surface area contributed by atoms with E-state index in [2.05, 4.69) is 0 Å². The molecule has 0 N–H and O–H groups in total. The number of hydrogen-bond acceptors (Lipinski definition) is 3. The van der Waals surface area contributed by atoms with Crippen molar-refractivity contribution in [3.05, 3.63) is 34.4 Å². The van der Waals surface area contributed by atoms with Gasteiger partial charge in [0.15, 0.2) is 0 Å². The van der Waals surface area contributed by atoms with Crippen LogP contribution in [0.4, 0.5) is 8.78 Å². The molecule has 1 aromatic carbocycles. The molecule has 0 unspecified atom stereocenters. The fourth-order valence-corrected chi connectivity index (χ4v) is 1.09. The SMILES string of the molecule is N#CCc1c(F)c(C#N)cc(C#N)c1F. The monoisotopic (exact) mass is 203 g/mol. The van der Waals surface area contributed by atoms with Crippen molar-refractivity contribution < 1.29 is 8.78 Å². The summed E-state index contributed by atoms with van der Waals surface area (Å²) in [6.07, 6.45) is -0.512. The Labute approximate surface area is 84.4 Å². The summed E-state index contributed by atoms with van der Waals surface area (Å²) in [4.78, 5) is 0. The van der Waals surface area contributed by atoms with Gasteiger partial charge in [0.1, 0.15) is 23.8 Å². The van der Waals surface area contributed by atoms with Crippen LogP contribution in [-0.4, -0.2) is 0 Å². The molecule has 0 fully saturated rings. The zero-order chi connectivity index (χ0) is 11.4. The highest BCUT2D eigenvalue weighted by Gasteiger charge is 2.17. The van der Waals surface area contributed by atoms with Gasteiger partial charge in [-0.25, -0.2) is 8.78 Å². The summed E-state index contributed by atoms with van der Waals surface area (Å²) in [5.74, 6) is -2.15. The van der Waals surface area contributed by atoms with Gasteiger partial charge in [-0.2, -0.15) is 15.8 Å². The predicted molar refractivity (Wildman–Crippen MR) is 45.1 cm³/mol. The van der Waals surface area contributed by atoms with E-state index in [-0.39, 0.29) is 0 Å². The lowest BCUT2D eigenvalue weighted by atomic mass is 10.0. The molecule has 0 bridgehead atoms. The summed E-state index contributed by atoms with van der Waals surface area (Å²) in [7, 11) is 0. The molecule has 0 heterocycles. The van der Waals surface area contributed by atoms with Crippen LogP contribution in [0.15, 0.2) is 6.07 Å². The highest BCUT2D eigenvalue weighted by molar-refractivity contribution is 5.45. The van der Waals surface area contributed by atoms with Gasteiger partial charge >= 0.3 is 0 Å². The molecule has 0 aliphatic rings. The summed E-state index contributed by atoms with van der Waals surface area (Å²) in [6, 6.07) is 5.38. The Morgan fingerprint density at radius 2 is 1.47 bits per heavy atom. The first-order valence-corrected chi connectivity index (χ1v) is 3.83. The van der Waals surface area contributed by atoms with Crippen molar-refractivity contribution in [2.75, 3.05) is 0 Å². The van der Waals surface area contributed by atoms with Crippen LogP contribution >= 0.6 is 0 Å². The molecule has 0 aliphatic heterocycles. The third kappa shape index (κ3) is 1.75. The first kappa shape index (κ1) is 10.6. The maximum absolute atomic E-state index is 13.3. The second-order valence-corrected chi connectivity index (χ2v) is 2.64. The van der Waals surface area contributed by atoms with Crippen LogP contribution in [-0.2, 0) is 6.42 Å². The largest absolute Gasteiger partial charge is 0.205 e. The zero-order valence-electron chi connectivity index (χ0n) is 7.38. The highest BCUT2D eigenvalue weighted by atomic mass is 19.1. The molecule has 0 spiro atoms. The van der Waals surface area contributed by atoms with Gasteiger partial charge in [-0.15, -0.1) is 0 Å². The minimum Gasteiger partial charge on any atom is -0.205 e. The van der Waals surface area contributed by atoms with Crippen molar-refractivity contribution >= 4 is 0 Å². The van der Waals surface area contributed by atoms with Gasteiger partial charge in [0.25, 0.3) is 0 Å². The molecule has 0 saturated carbocycles. The molecule has 15 heavy (non-hydrogen) atoms. The second-order valence-electron chi connectivity index (χ2n) is 2.64. The van der Waals surface area contributed by atoms with Gasteiger partial charge in [-0.05, 0) is 6.07 Å². The molecule has 1 rings (SSSR count). The maximum Gasteiger partial charge on any atom is 0.148 e. The molecule has 0 aromatic heterocycles. The Hall–Kier alpha value is -2.45. The van der Waals surface area contributed by atoms with Crippen LogP contribution in [0.3, 0.4) is 0 Å². The summed E-state index contributed by atoms with van der Waals surface area (Å²) in [5, 5.41) is 25.4. The van der Waals surface area contributed by atoms with Gasteiger partial charge in [0.05, 0.1) is 23.6 Å². The van der Waals surface area contributed by atoms with Crippen molar-refractivity contribution in [1.29, 1.82) is 15.8 Å². The van der Waals surface area contributed by atoms with E-state index in [9.17, 15) is 8.78 Å². The van der Waals surface area contributed by atoms with Crippen LogP contribution < -0.4 is 0 Å². The second kappa shape index (κ2) is 4.17. The molecule has 0 atom stereocenters. The minimum atomic E-state index is -1.07. The van der Waals surface area contributed by atoms with E-state index < -0.39 is 34.7 Å². The Bertz CT molecular complexity index is 491. The molecule has 72 valence electrons. The molecule has 3 nitrogen and oxygen atoms in total. The topological polar surface area (TPSA) is 71.4 Å². The van der Waals surface area contributed by atoms with Gasteiger partial charge in [0.2, 0.25) is 0 Å². The van der Waals surface area contributed by atoms with Crippen LogP contribution in [0.5, 0.6) is 0 Å². The highest BCUT2D eigenvalue weighted by Crippen LogP contribution is 2.20. The number of rotatable bonds is 1. The van der Waals surface area contributed by atoms with Crippen LogP contribution in [0.2, 0.25) is 0 Å². The normalized spacial score (nSPS) is 8.73. The van der Waals surface area contributed by atoms with E-state index in [0.717, 1.165) is 6.07 Å². The fourth-order valence-electron chi connectivity index (χ4n) is 1.09. The van der Waals surface area contributed by atoms with Crippen molar-refractivity contribution in [2.24, 2.45) is 0 Å². The summed E-state index contributed by atoms with van der Waals surface area (Å²) in [6.45, 7) is 0.